The van der Waals surface area contributed by atoms with Gasteiger partial charge in [-0.3, -0.25) is 14.4 Å². The van der Waals surface area contributed by atoms with Gasteiger partial charge < -0.3 is 14.9 Å². The van der Waals surface area contributed by atoms with E-state index < -0.39 is 11.9 Å². The number of likely N-dealkylation sites (tertiary alicyclic amines) is 2. The average molecular weight is 362 g/mol. The van der Waals surface area contributed by atoms with Gasteiger partial charge in [0, 0.05) is 31.1 Å². The number of carboxylic acid groups (broad SMARTS) is 1. The molecule has 1 N–H and O–H groups in total. The molecule has 25 heavy (non-hydrogen) atoms. The maximum atomic E-state index is 12.8. The molecule has 0 radical (unpaired) electrons. The van der Waals surface area contributed by atoms with Gasteiger partial charge in [-0.05, 0) is 31.4 Å². The Bertz CT molecular complexity index is 673. The summed E-state index contributed by atoms with van der Waals surface area (Å²) in [6.45, 7) is 2.36. The quantitative estimate of drug-likeness (QED) is 0.810. The fourth-order valence-electron chi connectivity index (χ4n) is 3.28. The Kier molecular flexibility index (Phi) is 5.63. The third kappa shape index (κ3) is 4.15. The van der Waals surface area contributed by atoms with Crippen LogP contribution >= 0.6 is 11.8 Å². The highest BCUT2D eigenvalue weighted by molar-refractivity contribution is 8.00. The molecule has 1 unspecified atom stereocenters. The second-order valence-corrected chi connectivity index (χ2v) is 7.46. The monoisotopic (exact) mass is 362 g/mol. The number of amides is 2. The van der Waals surface area contributed by atoms with Crippen molar-refractivity contribution < 1.29 is 19.5 Å². The van der Waals surface area contributed by atoms with E-state index in [4.69, 9.17) is 5.11 Å². The first-order valence-corrected chi connectivity index (χ1v) is 9.56. The maximum Gasteiger partial charge on any atom is 0.308 e. The predicted molar refractivity (Wildman–Crippen MR) is 94.6 cm³/mol. The molecule has 2 amide bonds. The van der Waals surface area contributed by atoms with Gasteiger partial charge in [0.2, 0.25) is 5.91 Å². The first kappa shape index (κ1) is 17.8. The van der Waals surface area contributed by atoms with Gasteiger partial charge in [0.25, 0.3) is 5.91 Å². The molecule has 2 fully saturated rings. The molecule has 7 heteroatoms. The minimum absolute atomic E-state index is 0.108. The van der Waals surface area contributed by atoms with Gasteiger partial charge >= 0.3 is 5.97 Å². The molecule has 1 aromatic carbocycles. The second-order valence-electron chi connectivity index (χ2n) is 6.45. The number of carbonyl (C=O) groups is 3. The molecule has 134 valence electrons. The standard InChI is InChI=1S/C18H22N2O4S/c21-16(19-8-3-4-9-19)12-25-15-6-2-1-5-14(15)17(22)20-10-7-13(11-20)18(23)24/h1-2,5-6,13H,3-4,7-12H2,(H,23,24). The average Bonchev–Trinajstić information content (AvgIpc) is 3.30. The normalized spacial score (nSPS) is 20.1. The van der Waals surface area contributed by atoms with E-state index in [-0.39, 0.29) is 18.4 Å². The fourth-order valence-corrected chi connectivity index (χ4v) is 4.23. The molecule has 6 nitrogen and oxygen atoms in total. The Morgan fingerprint density at radius 3 is 2.48 bits per heavy atom. The molecule has 2 saturated heterocycles. The summed E-state index contributed by atoms with van der Waals surface area (Å²) in [6, 6.07) is 7.24. The van der Waals surface area contributed by atoms with Crippen LogP contribution < -0.4 is 0 Å². The lowest BCUT2D eigenvalue weighted by Crippen LogP contribution is -2.31. The number of rotatable bonds is 5. The van der Waals surface area contributed by atoms with Gasteiger partial charge in [-0.1, -0.05) is 12.1 Å². The number of carbonyl (C=O) groups excluding carboxylic acids is 2. The van der Waals surface area contributed by atoms with Crippen LogP contribution in [0.1, 0.15) is 29.6 Å². The van der Waals surface area contributed by atoms with Crippen LogP contribution in [0, 0.1) is 5.92 Å². The summed E-state index contributed by atoms with van der Waals surface area (Å²) >= 11 is 1.38. The number of benzene rings is 1. The molecule has 1 aromatic rings. The number of thioether (sulfide) groups is 1. The van der Waals surface area contributed by atoms with Crippen LogP contribution in [0.15, 0.2) is 29.2 Å². The zero-order valence-corrected chi connectivity index (χ0v) is 14.8. The van der Waals surface area contributed by atoms with Gasteiger partial charge in [0.1, 0.15) is 0 Å². The van der Waals surface area contributed by atoms with E-state index in [0.29, 0.717) is 24.3 Å². The van der Waals surface area contributed by atoms with Crippen molar-refractivity contribution >= 4 is 29.5 Å². The Labute approximate surface area is 151 Å². The van der Waals surface area contributed by atoms with Gasteiger partial charge in [-0.2, -0.15) is 0 Å². The second kappa shape index (κ2) is 7.91. The smallest absolute Gasteiger partial charge is 0.308 e. The van der Waals surface area contributed by atoms with E-state index in [1.807, 2.05) is 17.0 Å². The van der Waals surface area contributed by atoms with Crippen LogP contribution in [-0.2, 0) is 9.59 Å². The molecule has 2 aliphatic heterocycles. The summed E-state index contributed by atoms with van der Waals surface area (Å²) in [5.41, 5.74) is 0.549. The number of nitrogens with zero attached hydrogens (tertiary/aromatic N) is 2. The SMILES string of the molecule is O=C(O)C1CCN(C(=O)c2ccccc2SCC(=O)N2CCCC2)C1. The first-order valence-electron chi connectivity index (χ1n) is 8.58. The van der Waals surface area contributed by atoms with Crippen molar-refractivity contribution in [3.05, 3.63) is 29.8 Å². The van der Waals surface area contributed by atoms with Gasteiger partial charge in [-0.15, -0.1) is 11.8 Å². The highest BCUT2D eigenvalue weighted by Crippen LogP contribution is 2.27. The van der Waals surface area contributed by atoms with Crippen molar-refractivity contribution in [2.24, 2.45) is 5.92 Å². The molecular formula is C18H22N2O4S. The number of aliphatic carboxylic acids is 1. The molecule has 0 spiro atoms. The summed E-state index contributed by atoms with van der Waals surface area (Å²) in [7, 11) is 0. The van der Waals surface area contributed by atoms with Crippen LogP contribution in [0.4, 0.5) is 0 Å². The molecule has 0 aromatic heterocycles. The highest BCUT2D eigenvalue weighted by Gasteiger charge is 2.32. The maximum absolute atomic E-state index is 12.8. The number of hydrogen-bond acceptors (Lipinski definition) is 4. The van der Waals surface area contributed by atoms with Crippen molar-refractivity contribution in [2.45, 2.75) is 24.2 Å². The van der Waals surface area contributed by atoms with Crippen LogP contribution in [-0.4, -0.2) is 64.6 Å². The Morgan fingerprint density at radius 2 is 1.80 bits per heavy atom. The molecule has 0 bridgehead atoms. The van der Waals surface area contributed by atoms with Crippen molar-refractivity contribution in [3.8, 4) is 0 Å². The molecule has 1 atom stereocenters. The molecule has 2 aliphatic rings. The molecule has 3 rings (SSSR count). The predicted octanol–water partition coefficient (Wildman–Crippen LogP) is 1.95. The Balaban J connectivity index is 1.65. The number of carboxylic acids is 1. The van der Waals surface area contributed by atoms with Crippen molar-refractivity contribution in [1.29, 1.82) is 0 Å². The highest BCUT2D eigenvalue weighted by atomic mass is 32.2. The Morgan fingerprint density at radius 1 is 1.08 bits per heavy atom. The molecule has 0 saturated carbocycles. The fraction of sp³-hybridized carbons (Fsp3) is 0.500. The summed E-state index contributed by atoms with van der Waals surface area (Å²) in [6.07, 6.45) is 2.61. The third-order valence-electron chi connectivity index (χ3n) is 4.75. The van der Waals surface area contributed by atoms with Gasteiger partial charge in [0.15, 0.2) is 0 Å². The third-order valence-corrected chi connectivity index (χ3v) is 5.81. The molecule has 0 aliphatic carbocycles. The lowest BCUT2D eigenvalue weighted by Gasteiger charge is -2.19. The summed E-state index contributed by atoms with van der Waals surface area (Å²) < 4.78 is 0. The summed E-state index contributed by atoms with van der Waals surface area (Å²) in [5, 5.41) is 9.10. The van der Waals surface area contributed by atoms with Crippen molar-refractivity contribution in [2.75, 3.05) is 31.9 Å². The summed E-state index contributed by atoms with van der Waals surface area (Å²) in [5.74, 6) is -1.06. The van der Waals surface area contributed by atoms with Crippen molar-refractivity contribution in [3.63, 3.8) is 0 Å². The zero-order valence-electron chi connectivity index (χ0n) is 14.0. The van der Waals surface area contributed by atoms with Crippen molar-refractivity contribution in [1.82, 2.24) is 9.80 Å². The lowest BCUT2D eigenvalue weighted by atomic mass is 10.1. The summed E-state index contributed by atoms with van der Waals surface area (Å²) in [4.78, 5) is 40.3. The van der Waals surface area contributed by atoms with Crippen LogP contribution in [0.3, 0.4) is 0 Å². The lowest BCUT2D eigenvalue weighted by molar-refractivity contribution is -0.141. The van der Waals surface area contributed by atoms with E-state index in [2.05, 4.69) is 0 Å². The van der Waals surface area contributed by atoms with E-state index in [1.54, 1.807) is 17.0 Å². The molecule has 2 heterocycles. The van der Waals surface area contributed by atoms with Crippen LogP contribution in [0.25, 0.3) is 0 Å². The van der Waals surface area contributed by atoms with Crippen LogP contribution in [0.2, 0.25) is 0 Å². The minimum atomic E-state index is -0.853. The minimum Gasteiger partial charge on any atom is -0.481 e. The van der Waals surface area contributed by atoms with E-state index >= 15 is 0 Å². The zero-order chi connectivity index (χ0) is 17.8. The topological polar surface area (TPSA) is 77.9 Å². The van der Waals surface area contributed by atoms with E-state index in [9.17, 15) is 14.4 Å². The Hall–Kier alpha value is -2.02. The van der Waals surface area contributed by atoms with Gasteiger partial charge in [-0.25, -0.2) is 0 Å². The number of hydrogen-bond donors (Lipinski definition) is 1. The molecular weight excluding hydrogens is 340 g/mol. The van der Waals surface area contributed by atoms with Crippen LogP contribution in [0.5, 0.6) is 0 Å². The van der Waals surface area contributed by atoms with Gasteiger partial charge in [0.05, 0.1) is 17.2 Å². The van der Waals surface area contributed by atoms with E-state index in [1.165, 1.54) is 11.8 Å². The first-order chi connectivity index (χ1) is 12.1. The van der Waals surface area contributed by atoms with E-state index in [0.717, 1.165) is 30.8 Å². The largest absolute Gasteiger partial charge is 0.481 e.